The molecule has 1 aliphatic rings. The zero-order valence-electron chi connectivity index (χ0n) is 12.3. The molecule has 0 unspecified atom stereocenters. The first-order chi connectivity index (χ1) is 11.1. The van der Waals surface area contributed by atoms with Gasteiger partial charge in [0, 0.05) is 5.56 Å². The number of esters is 1. The summed E-state index contributed by atoms with van der Waals surface area (Å²) in [5.74, 6) is -0.311. The summed E-state index contributed by atoms with van der Waals surface area (Å²) in [6, 6.07) is 9.04. The fourth-order valence-corrected chi connectivity index (χ4v) is 2.52. The number of benzene rings is 2. The maximum Gasteiger partial charge on any atom is 0.337 e. The molecular formula is C18H12FNO3. The quantitative estimate of drug-likeness (QED) is 0.622. The predicted molar refractivity (Wildman–Crippen MR) is 83.0 cm³/mol. The van der Waals surface area contributed by atoms with E-state index in [-0.39, 0.29) is 5.69 Å². The van der Waals surface area contributed by atoms with Gasteiger partial charge in [-0.15, -0.1) is 0 Å². The number of carbonyl (C=O) groups is 1. The van der Waals surface area contributed by atoms with Crippen molar-refractivity contribution in [1.29, 1.82) is 0 Å². The molecule has 3 rings (SSSR count). The van der Waals surface area contributed by atoms with Gasteiger partial charge < -0.3 is 9.47 Å². The average Bonchev–Trinajstić information content (AvgIpc) is 2.60. The van der Waals surface area contributed by atoms with Crippen LogP contribution in [0.5, 0.6) is 5.75 Å². The number of nitrogens with zero attached hydrogens (tertiary/aromatic N) is 1. The largest absolute Gasteiger partial charge is 0.489 e. The van der Waals surface area contributed by atoms with Crippen LogP contribution in [0.1, 0.15) is 21.5 Å². The fraction of sp³-hybridized carbons (Fsp3) is 0.111. The molecule has 0 atom stereocenters. The molecule has 0 N–H and O–H groups in total. The van der Waals surface area contributed by atoms with E-state index in [0.29, 0.717) is 29.0 Å². The number of hydrogen-bond acceptors (Lipinski definition) is 3. The molecule has 5 heteroatoms. The second kappa shape index (κ2) is 5.93. The first kappa shape index (κ1) is 14.8. The van der Waals surface area contributed by atoms with Crippen LogP contribution in [-0.4, -0.2) is 19.7 Å². The molecule has 0 spiro atoms. The van der Waals surface area contributed by atoms with E-state index in [2.05, 4.69) is 4.85 Å². The minimum atomic E-state index is -0.462. The van der Waals surface area contributed by atoms with Gasteiger partial charge >= 0.3 is 5.97 Å². The normalized spacial score (nSPS) is 12.5. The molecule has 0 radical (unpaired) electrons. The summed E-state index contributed by atoms with van der Waals surface area (Å²) in [4.78, 5) is 15.1. The topological polar surface area (TPSA) is 39.9 Å². The summed E-state index contributed by atoms with van der Waals surface area (Å²) in [6.45, 7) is 7.59. The van der Waals surface area contributed by atoms with E-state index in [1.807, 2.05) is 6.08 Å². The van der Waals surface area contributed by atoms with Gasteiger partial charge in [-0.1, -0.05) is 6.07 Å². The maximum absolute atomic E-state index is 13.4. The van der Waals surface area contributed by atoms with Crippen molar-refractivity contribution in [3.8, 4) is 5.75 Å². The summed E-state index contributed by atoms with van der Waals surface area (Å²) in [5.41, 5.74) is 2.62. The Bertz CT molecular complexity index is 865. The van der Waals surface area contributed by atoms with Crippen molar-refractivity contribution >= 4 is 17.2 Å². The Kier molecular flexibility index (Phi) is 3.82. The Labute approximate surface area is 132 Å². The average molecular weight is 309 g/mol. The third kappa shape index (κ3) is 2.67. The summed E-state index contributed by atoms with van der Waals surface area (Å²) in [5, 5.41) is 0. The van der Waals surface area contributed by atoms with Gasteiger partial charge in [-0.3, -0.25) is 0 Å². The minimum Gasteiger partial charge on any atom is -0.489 e. The van der Waals surface area contributed by atoms with Crippen molar-refractivity contribution in [2.45, 2.75) is 0 Å². The lowest BCUT2D eigenvalue weighted by Crippen LogP contribution is -2.08. The lowest BCUT2D eigenvalue weighted by atomic mass is 9.93. The van der Waals surface area contributed by atoms with Gasteiger partial charge in [-0.25, -0.2) is 14.0 Å². The molecule has 0 saturated carbocycles. The molecule has 114 valence electrons. The third-order valence-electron chi connectivity index (χ3n) is 3.59. The molecule has 4 nitrogen and oxygen atoms in total. The summed E-state index contributed by atoms with van der Waals surface area (Å²) < 4.78 is 23.7. The molecule has 0 aliphatic carbocycles. The molecule has 0 saturated heterocycles. The number of rotatable bonds is 2. The van der Waals surface area contributed by atoms with E-state index >= 15 is 0 Å². The van der Waals surface area contributed by atoms with Crippen LogP contribution in [0.15, 0.2) is 42.5 Å². The van der Waals surface area contributed by atoms with E-state index in [1.54, 1.807) is 24.3 Å². The van der Waals surface area contributed by atoms with Crippen LogP contribution in [0.4, 0.5) is 10.1 Å². The Morgan fingerprint density at radius 3 is 2.83 bits per heavy atom. The SMILES string of the molecule is [C-]#[N+]c1cc(F)ccc1C1=CCOc2ccc(C(=O)OC)cc21. The van der Waals surface area contributed by atoms with Crippen molar-refractivity contribution < 1.29 is 18.7 Å². The fourth-order valence-electron chi connectivity index (χ4n) is 2.52. The summed E-state index contributed by atoms with van der Waals surface area (Å²) >= 11 is 0. The molecule has 23 heavy (non-hydrogen) atoms. The lowest BCUT2D eigenvalue weighted by Gasteiger charge is -2.20. The van der Waals surface area contributed by atoms with E-state index in [0.717, 1.165) is 5.57 Å². The highest BCUT2D eigenvalue weighted by molar-refractivity contribution is 5.94. The Hall–Kier alpha value is -3.13. The molecule has 1 aliphatic heterocycles. The van der Waals surface area contributed by atoms with Crippen molar-refractivity contribution in [1.82, 2.24) is 0 Å². The number of carbonyl (C=O) groups excluding carboxylic acids is 1. The van der Waals surface area contributed by atoms with Crippen LogP contribution in [0, 0.1) is 12.4 Å². The van der Waals surface area contributed by atoms with Gasteiger partial charge in [0.25, 0.3) is 0 Å². The van der Waals surface area contributed by atoms with Crippen molar-refractivity contribution in [3.05, 3.63) is 76.4 Å². The van der Waals surface area contributed by atoms with Gasteiger partial charge in [0.05, 0.1) is 19.2 Å². The maximum atomic E-state index is 13.4. The second-order valence-electron chi connectivity index (χ2n) is 4.90. The van der Waals surface area contributed by atoms with E-state index in [4.69, 9.17) is 16.0 Å². The molecule has 2 aromatic rings. The van der Waals surface area contributed by atoms with Gasteiger partial charge in [-0.05, 0) is 47.5 Å². The monoisotopic (exact) mass is 309 g/mol. The number of methoxy groups -OCH3 is 1. The number of fused-ring (bicyclic) bond motifs is 1. The van der Waals surface area contributed by atoms with Crippen LogP contribution in [0.2, 0.25) is 0 Å². The highest BCUT2D eigenvalue weighted by Crippen LogP contribution is 2.39. The molecule has 0 amide bonds. The number of halogens is 1. The van der Waals surface area contributed by atoms with Gasteiger partial charge in [0.1, 0.15) is 18.2 Å². The van der Waals surface area contributed by atoms with Crippen LogP contribution < -0.4 is 4.74 Å². The van der Waals surface area contributed by atoms with Crippen molar-refractivity contribution in [3.63, 3.8) is 0 Å². The van der Waals surface area contributed by atoms with E-state index < -0.39 is 11.8 Å². The molecule has 0 bridgehead atoms. The van der Waals surface area contributed by atoms with Gasteiger partial charge in [0.2, 0.25) is 0 Å². The Balaban J connectivity index is 2.16. The summed E-state index contributed by atoms with van der Waals surface area (Å²) in [7, 11) is 1.31. The first-order valence-electron chi connectivity index (χ1n) is 6.87. The van der Waals surface area contributed by atoms with Crippen LogP contribution in [-0.2, 0) is 4.74 Å². The standard InChI is InChI=1S/C18H12FNO3/c1-20-16-10-12(19)4-5-14(16)13-7-8-23-17-6-3-11(9-15(13)17)18(21)22-2/h3-7,9-10H,8H2,2H3. The summed E-state index contributed by atoms with van der Waals surface area (Å²) in [6.07, 6.45) is 1.81. The van der Waals surface area contributed by atoms with Crippen LogP contribution >= 0.6 is 0 Å². The van der Waals surface area contributed by atoms with Crippen LogP contribution in [0.3, 0.4) is 0 Å². The predicted octanol–water partition coefficient (Wildman–Crippen LogP) is 3.99. The number of ether oxygens (including phenoxy) is 2. The lowest BCUT2D eigenvalue weighted by molar-refractivity contribution is 0.0600. The van der Waals surface area contributed by atoms with Gasteiger partial charge in [-0.2, -0.15) is 0 Å². The molecule has 0 aromatic heterocycles. The molecule has 1 heterocycles. The van der Waals surface area contributed by atoms with Gasteiger partial charge in [0.15, 0.2) is 5.69 Å². The third-order valence-corrected chi connectivity index (χ3v) is 3.59. The second-order valence-corrected chi connectivity index (χ2v) is 4.90. The minimum absolute atomic E-state index is 0.215. The smallest absolute Gasteiger partial charge is 0.337 e. The zero-order valence-corrected chi connectivity index (χ0v) is 12.3. The Morgan fingerprint density at radius 1 is 1.26 bits per heavy atom. The van der Waals surface area contributed by atoms with Crippen LogP contribution in [0.25, 0.3) is 10.4 Å². The molecule has 0 fully saturated rings. The molecular weight excluding hydrogens is 297 g/mol. The van der Waals surface area contributed by atoms with Crippen molar-refractivity contribution in [2.75, 3.05) is 13.7 Å². The van der Waals surface area contributed by atoms with E-state index in [1.165, 1.54) is 19.2 Å². The van der Waals surface area contributed by atoms with Crippen molar-refractivity contribution in [2.24, 2.45) is 0 Å². The highest BCUT2D eigenvalue weighted by atomic mass is 19.1. The number of hydrogen-bond donors (Lipinski definition) is 0. The first-order valence-corrected chi connectivity index (χ1v) is 6.87. The van der Waals surface area contributed by atoms with E-state index in [9.17, 15) is 9.18 Å². The highest BCUT2D eigenvalue weighted by Gasteiger charge is 2.20. The Morgan fingerprint density at radius 2 is 2.09 bits per heavy atom. The molecule has 2 aromatic carbocycles. The zero-order chi connectivity index (χ0) is 16.4.